The molecule has 2 aliphatic rings. The second-order valence-electron chi connectivity index (χ2n) is 5.78. The Kier molecular flexibility index (Phi) is 2.23. The van der Waals surface area contributed by atoms with Crippen molar-refractivity contribution in [2.45, 2.75) is 57.2 Å². The van der Waals surface area contributed by atoms with E-state index in [1.54, 1.807) is 0 Å². The number of ether oxygens (including phenoxy) is 1. The molecule has 0 aromatic heterocycles. The van der Waals surface area contributed by atoms with Crippen LogP contribution < -0.4 is 5.73 Å². The average Bonchev–Trinajstić information content (AvgIpc) is 2.68. The molecular weight excluding hydrogens is 192 g/mol. The summed E-state index contributed by atoms with van der Waals surface area (Å²) in [7, 11) is 0. The van der Waals surface area contributed by atoms with Crippen molar-refractivity contribution in [3.63, 3.8) is 0 Å². The van der Waals surface area contributed by atoms with Gasteiger partial charge in [-0.15, -0.1) is 0 Å². The third-order valence-electron chi connectivity index (χ3n) is 3.07. The van der Waals surface area contributed by atoms with Gasteiger partial charge in [0.15, 0.2) is 0 Å². The van der Waals surface area contributed by atoms with Gasteiger partial charge in [-0.1, -0.05) is 0 Å². The molecular formula is C11H20N2O2. The smallest absolute Gasteiger partial charge is 0.410 e. The first-order chi connectivity index (χ1) is 6.82. The lowest BCUT2D eigenvalue weighted by Gasteiger charge is -2.28. The molecule has 0 radical (unpaired) electrons. The molecule has 1 saturated heterocycles. The Morgan fingerprint density at radius 1 is 1.47 bits per heavy atom. The molecule has 86 valence electrons. The molecule has 1 spiro atoms. The molecule has 1 amide bonds. The van der Waals surface area contributed by atoms with E-state index < -0.39 is 5.60 Å². The van der Waals surface area contributed by atoms with Gasteiger partial charge in [-0.05, 0) is 40.0 Å². The first kappa shape index (κ1) is 10.7. The second-order valence-corrected chi connectivity index (χ2v) is 5.78. The quantitative estimate of drug-likeness (QED) is 0.662. The Morgan fingerprint density at radius 2 is 2.07 bits per heavy atom. The number of carbonyl (C=O) groups is 1. The first-order valence-electron chi connectivity index (χ1n) is 5.59. The van der Waals surface area contributed by atoms with Gasteiger partial charge in [0.05, 0.1) is 0 Å². The fourth-order valence-electron chi connectivity index (χ4n) is 2.29. The van der Waals surface area contributed by atoms with E-state index in [1.165, 1.54) is 0 Å². The van der Waals surface area contributed by atoms with Crippen LogP contribution in [0.3, 0.4) is 0 Å². The molecule has 1 unspecified atom stereocenters. The number of carbonyl (C=O) groups excluding carboxylic acids is 1. The number of amides is 1. The van der Waals surface area contributed by atoms with E-state index in [0.717, 1.165) is 19.3 Å². The number of likely N-dealkylation sites (tertiary alicyclic amines) is 1. The van der Waals surface area contributed by atoms with Crippen molar-refractivity contribution < 1.29 is 9.53 Å². The summed E-state index contributed by atoms with van der Waals surface area (Å²) in [5, 5.41) is 0. The van der Waals surface area contributed by atoms with Gasteiger partial charge in [-0.25, -0.2) is 4.79 Å². The number of hydrogen-bond donors (Lipinski definition) is 1. The van der Waals surface area contributed by atoms with Crippen LogP contribution in [0.15, 0.2) is 0 Å². The van der Waals surface area contributed by atoms with E-state index in [4.69, 9.17) is 10.5 Å². The van der Waals surface area contributed by atoms with Crippen LogP contribution in [-0.4, -0.2) is 34.7 Å². The Morgan fingerprint density at radius 3 is 2.53 bits per heavy atom. The summed E-state index contributed by atoms with van der Waals surface area (Å²) < 4.78 is 5.38. The van der Waals surface area contributed by atoms with Gasteiger partial charge >= 0.3 is 6.09 Å². The molecule has 0 aromatic carbocycles. The van der Waals surface area contributed by atoms with Crippen LogP contribution in [0.4, 0.5) is 4.79 Å². The molecule has 1 saturated carbocycles. The first-order valence-corrected chi connectivity index (χ1v) is 5.59. The van der Waals surface area contributed by atoms with Crippen molar-refractivity contribution in [2.24, 2.45) is 5.73 Å². The molecule has 2 rings (SSSR count). The lowest BCUT2D eigenvalue weighted by molar-refractivity contribution is 0.0202. The van der Waals surface area contributed by atoms with Crippen LogP contribution in [-0.2, 0) is 4.74 Å². The largest absolute Gasteiger partial charge is 0.444 e. The highest BCUT2D eigenvalue weighted by molar-refractivity contribution is 5.70. The molecule has 1 aliphatic heterocycles. The minimum atomic E-state index is -0.417. The van der Waals surface area contributed by atoms with Crippen LogP contribution in [0.25, 0.3) is 0 Å². The van der Waals surface area contributed by atoms with Crippen LogP contribution in [0.5, 0.6) is 0 Å². The SMILES string of the molecule is CC(C)(C)OC(=O)N1CC(N)CC12CC2. The maximum atomic E-state index is 11.9. The number of hydrogen-bond acceptors (Lipinski definition) is 3. The van der Waals surface area contributed by atoms with E-state index in [1.807, 2.05) is 25.7 Å². The van der Waals surface area contributed by atoms with Crippen molar-refractivity contribution in [1.82, 2.24) is 4.90 Å². The topological polar surface area (TPSA) is 55.6 Å². The predicted octanol–water partition coefficient (Wildman–Crippen LogP) is 1.49. The molecule has 4 heteroatoms. The lowest BCUT2D eigenvalue weighted by Crippen LogP contribution is -2.41. The van der Waals surface area contributed by atoms with Crippen LogP contribution in [0.2, 0.25) is 0 Å². The maximum absolute atomic E-state index is 11.9. The summed E-state index contributed by atoms with van der Waals surface area (Å²) in [6.07, 6.45) is 2.90. The lowest BCUT2D eigenvalue weighted by atomic mass is 10.1. The molecule has 2 fully saturated rings. The fourth-order valence-corrected chi connectivity index (χ4v) is 2.29. The maximum Gasteiger partial charge on any atom is 0.410 e. The molecule has 1 aliphatic carbocycles. The molecule has 4 nitrogen and oxygen atoms in total. The summed E-state index contributed by atoms with van der Waals surface area (Å²) >= 11 is 0. The molecule has 15 heavy (non-hydrogen) atoms. The number of rotatable bonds is 0. The molecule has 0 bridgehead atoms. The zero-order valence-corrected chi connectivity index (χ0v) is 9.75. The van der Waals surface area contributed by atoms with Crippen molar-refractivity contribution >= 4 is 6.09 Å². The predicted molar refractivity (Wildman–Crippen MR) is 57.5 cm³/mol. The van der Waals surface area contributed by atoms with Gasteiger partial charge in [0.1, 0.15) is 5.60 Å². The normalized spacial score (nSPS) is 28.3. The summed E-state index contributed by atoms with van der Waals surface area (Å²) in [4.78, 5) is 13.7. The third kappa shape index (κ3) is 2.09. The standard InChI is InChI=1S/C11H20N2O2/c1-10(2,3)15-9(14)13-7-8(12)6-11(13)4-5-11/h8H,4-7,12H2,1-3H3. The van der Waals surface area contributed by atoms with Gasteiger partial charge in [0.2, 0.25) is 0 Å². The second kappa shape index (κ2) is 3.11. The van der Waals surface area contributed by atoms with Crippen molar-refractivity contribution in [2.75, 3.05) is 6.54 Å². The van der Waals surface area contributed by atoms with Gasteiger partial charge in [-0.3, -0.25) is 0 Å². The van der Waals surface area contributed by atoms with Crippen molar-refractivity contribution in [3.8, 4) is 0 Å². The minimum absolute atomic E-state index is 0.0573. The molecule has 1 heterocycles. The summed E-state index contributed by atoms with van der Waals surface area (Å²) in [5.74, 6) is 0. The van der Waals surface area contributed by atoms with Gasteiger partial charge < -0.3 is 15.4 Å². The van der Waals surface area contributed by atoms with E-state index in [9.17, 15) is 4.79 Å². The van der Waals surface area contributed by atoms with E-state index >= 15 is 0 Å². The van der Waals surface area contributed by atoms with E-state index in [-0.39, 0.29) is 17.7 Å². The van der Waals surface area contributed by atoms with E-state index in [2.05, 4.69) is 0 Å². The Balaban J connectivity index is 2.02. The van der Waals surface area contributed by atoms with Gasteiger partial charge in [0.25, 0.3) is 0 Å². The number of nitrogens with zero attached hydrogens (tertiary/aromatic N) is 1. The highest BCUT2D eigenvalue weighted by atomic mass is 16.6. The Labute approximate surface area is 90.8 Å². The van der Waals surface area contributed by atoms with Crippen LogP contribution >= 0.6 is 0 Å². The summed E-state index contributed by atoms with van der Waals surface area (Å²) in [6, 6.07) is 0.125. The average molecular weight is 212 g/mol. The molecule has 2 N–H and O–H groups in total. The fraction of sp³-hybridized carbons (Fsp3) is 0.909. The summed E-state index contributed by atoms with van der Waals surface area (Å²) in [5.41, 5.74) is 5.53. The van der Waals surface area contributed by atoms with Gasteiger partial charge in [-0.2, -0.15) is 0 Å². The van der Waals surface area contributed by atoms with Crippen molar-refractivity contribution in [3.05, 3.63) is 0 Å². The Hall–Kier alpha value is -0.770. The monoisotopic (exact) mass is 212 g/mol. The highest BCUT2D eigenvalue weighted by Crippen LogP contribution is 2.49. The van der Waals surface area contributed by atoms with Crippen LogP contribution in [0, 0.1) is 0 Å². The molecule has 0 aromatic rings. The van der Waals surface area contributed by atoms with E-state index in [0.29, 0.717) is 6.54 Å². The number of nitrogens with two attached hydrogens (primary N) is 1. The highest BCUT2D eigenvalue weighted by Gasteiger charge is 2.56. The summed E-state index contributed by atoms with van der Waals surface area (Å²) in [6.45, 7) is 6.32. The van der Waals surface area contributed by atoms with Crippen LogP contribution in [0.1, 0.15) is 40.0 Å². The third-order valence-corrected chi connectivity index (χ3v) is 3.07. The zero-order valence-electron chi connectivity index (χ0n) is 9.75. The van der Waals surface area contributed by atoms with Crippen molar-refractivity contribution in [1.29, 1.82) is 0 Å². The minimum Gasteiger partial charge on any atom is -0.444 e. The zero-order chi connectivity index (χ0) is 11.3. The Bertz CT molecular complexity index is 279. The molecule has 1 atom stereocenters. The van der Waals surface area contributed by atoms with Gasteiger partial charge in [0, 0.05) is 18.1 Å².